The third-order valence-electron chi connectivity index (χ3n) is 5.30. The van der Waals surface area contributed by atoms with Crippen molar-refractivity contribution in [2.75, 3.05) is 5.32 Å². The van der Waals surface area contributed by atoms with E-state index in [2.05, 4.69) is 62.0 Å². The van der Waals surface area contributed by atoms with Gasteiger partial charge in [-0.1, -0.05) is 66.7 Å². The molecule has 1 aliphatic rings. The van der Waals surface area contributed by atoms with Gasteiger partial charge in [-0.25, -0.2) is 0 Å². The van der Waals surface area contributed by atoms with Gasteiger partial charge < -0.3 is 5.32 Å². The zero-order valence-corrected chi connectivity index (χ0v) is 17.0. The summed E-state index contributed by atoms with van der Waals surface area (Å²) in [5.41, 5.74) is 5.51. The predicted molar refractivity (Wildman–Crippen MR) is 118 cm³/mol. The van der Waals surface area contributed by atoms with E-state index in [9.17, 15) is 4.79 Å². The summed E-state index contributed by atoms with van der Waals surface area (Å²) in [6.45, 7) is 2.72. The molecule has 0 fully saturated rings. The van der Waals surface area contributed by atoms with Crippen LogP contribution in [0.2, 0.25) is 0 Å². The van der Waals surface area contributed by atoms with Gasteiger partial charge in [0.1, 0.15) is 6.54 Å². The largest absolute Gasteiger partial charge is 0.324 e. The van der Waals surface area contributed by atoms with E-state index < -0.39 is 0 Å². The first-order chi connectivity index (χ1) is 15.2. The molecule has 154 valence electrons. The fourth-order valence-electron chi connectivity index (χ4n) is 3.84. The van der Waals surface area contributed by atoms with Crippen molar-refractivity contribution in [3.63, 3.8) is 0 Å². The number of nitrogens with zero attached hydrogens (tertiary/aromatic N) is 5. The third kappa shape index (κ3) is 4.51. The van der Waals surface area contributed by atoms with Crippen molar-refractivity contribution in [1.82, 2.24) is 25.1 Å². The first kappa shape index (κ1) is 19.1. The maximum atomic E-state index is 12.5. The molecule has 7 nitrogen and oxygen atoms in total. The Bertz CT molecular complexity index is 1190. The Labute approximate surface area is 180 Å². The number of aromatic nitrogens is 4. The van der Waals surface area contributed by atoms with Crippen molar-refractivity contribution in [2.45, 2.75) is 26.2 Å². The Kier molecular flexibility index (Phi) is 5.24. The molecule has 0 aliphatic carbocycles. The molecule has 1 N–H and O–H groups in total. The number of carbonyl (C=O) groups is 1. The van der Waals surface area contributed by atoms with Crippen LogP contribution < -0.4 is 5.32 Å². The molecule has 0 radical (unpaired) electrons. The molecule has 0 bridgehead atoms. The van der Waals surface area contributed by atoms with Crippen LogP contribution in [0.5, 0.6) is 0 Å². The Morgan fingerprint density at radius 3 is 2.45 bits per heavy atom. The quantitative estimate of drug-likeness (QED) is 0.527. The summed E-state index contributed by atoms with van der Waals surface area (Å²) in [6.07, 6.45) is 0. The van der Waals surface area contributed by atoms with Crippen LogP contribution in [0.1, 0.15) is 16.7 Å². The molecule has 0 saturated carbocycles. The second-order valence-electron chi connectivity index (χ2n) is 7.67. The number of hydrogen-bond donors (Lipinski definition) is 1. The minimum Gasteiger partial charge on any atom is -0.324 e. The van der Waals surface area contributed by atoms with Gasteiger partial charge in [-0.2, -0.15) is 4.80 Å². The highest BCUT2D eigenvalue weighted by molar-refractivity contribution is 5.90. The molecule has 4 aromatic rings. The second-order valence-corrected chi connectivity index (χ2v) is 7.67. The Hall–Kier alpha value is -3.84. The highest BCUT2D eigenvalue weighted by atomic mass is 16.2. The van der Waals surface area contributed by atoms with Crippen molar-refractivity contribution in [2.24, 2.45) is 0 Å². The van der Waals surface area contributed by atoms with E-state index in [1.54, 1.807) is 0 Å². The van der Waals surface area contributed by atoms with Crippen molar-refractivity contribution in [3.8, 4) is 11.4 Å². The van der Waals surface area contributed by atoms with Crippen LogP contribution in [0.4, 0.5) is 5.69 Å². The van der Waals surface area contributed by atoms with Crippen LogP contribution in [0.15, 0.2) is 78.9 Å². The zero-order chi connectivity index (χ0) is 21.0. The number of rotatable bonds is 6. The van der Waals surface area contributed by atoms with Gasteiger partial charge in [-0.15, -0.1) is 10.2 Å². The van der Waals surface area contributed by atoms with E-state index in [0.717, 1.165) is 30.9 Å². The van der Waals surface area contributed by atoms with E-state index >= 15 is 0 Å². The fraction of sp³-hybridized carbons (Fsp3) is 0.167. The Morgan fingerprint density at radius 1 is 0.903 bits per heavy atom. The van der Waals surface area contributed by atoms with Gasteiger partial charge in [-0.05, 0) is 34.0 Å². The summed E-state index contributed by atoms with van der Waals surface area (Å²) >= 11 is 0. The topological polar surface area (TPSA) is 75.9 Å². The van der Waals surface area contributed by atoms with E-state index in [4.69, 9.17) is 0 Å². The van der Waals surface area contributed by atoms with Gasteiger partial charge in [-0.3, -0.25) is 9.69 Å². The smallest absolute Gasteiger partial charge is 0.248 e. The van der Waals surface area contributed by atoms with Crippen molar-refractivity contribution in [3.05, 3.63) is 95.6 Å². The third-order valence-corrected chi connectivity index (χ3v) is 5.30. The SMILES string of the molecule is O=C(Cn1nnc(-c2ccccc2)n1)Nc1ccc2c(c1)CN(Cc1ccccc1)C2. The monoisotopic (exact) mass is 410 g/mol. The van der Waals surface area contributed by atoms with Crippen molar-refractivity contribution >= 4 is 11.6 Å². The molecule has 1 aromatic heterocycles. The van der Waals surface area contributed by atoms with Crippen LogP contribution in [0.3, 0.4) is 0 Å². The number of fused-ring (bicyclic) bond motifs is 1. The normalized spacial score (nSPS) is 13.2. The van der Waals surface area contributed by atoms with Crippen molar-refractivity contribution in [1.29, 1.82) is 0 Å². The average molecular weight is 410 g/mol. The molecule has 3 aromatic carbocycles. The standard InChI is InChI=1S/C24H22N6O/c31-23(17-30-27-24(26-28-30)19-9-5-2-6-10-19)25-22-12-11-20-15-29(16-21(20)13-22)14-18-7-3-1-4-8-18/h1-13H,14-17H2,(H,25,31). The fourth-order valence-corrected chi connectivity index (χ4v) is 3.84. The summed E-state index contributed by atoms with van der Waals surface area (Å²) in [7, 11) is 0. The van der Waals surface area contributed by atoms with Crippen LogP contribution in [-0.2, 0) is 31.0 Å². The van der Waals surface area contributed by atoms with Crippen LogP contribution in [-0.4, -0.2) is 31.0 Å². The number of nitrogens with one attached hydrogen (secondary N) is 1. The minimum absolute atomic E-state index is 0.0110. The molecule has 7 heteroatoms. The van der Waals surface area contributed by atoms with E-state index in [-0.39, 0.29) is 12.5 Å². The first-order valence-electron chi connectivity index (χ1n) is 10.2. The minimum atomic E-state index is -0.184. The molecule has 1 aliphatic heterocycles. The maximum Gasteiger partial charge on any atom is 0.248 e. The molecular formula is C24H22N6O. The number of benzene rings is 3. The van der Waals surface area contributed by atoms with Gasteiger partial charge in [0.25, 0.3) is 0 Å². The molecule has 1 amide bonds. The van der Waals surface area contributed by atoms with Gasteiger partial charge >= 0.3 is 0 Å². The number of anilines is 1. The summed E-state index contributed by atoms with van der Waals surface area (Å²) < 4.78 is 0. The summed E-state index contributed by atoms with van der Waals surface area (Å²) in [6, 6.07) is 26.2. The average Bonchev–Trinajstić information content (AvgIpc) is 3.41. The maximum absolute atomic E-state index is 12.5. The van der Waals surface area contributed by atoms with Gasteiger partial charge in [0.15, 0.2) is 0 Å². The second kappa shape index (κ2) is 8.49. The van der Waals surface area contributed by atoms with E-state index in [0.29, 0.717) is 5.82 Å². The van der Waals surface area contributed by atoms with E-state index in [1.807, 2.05) is 42.5 Å². The highest BCUT2D eigenvalue weighted by Gasteiger charge is 2.19. The lowest BCUT2D eigenvalue weighted by Crippen LogP contribution is -2.20. The summed E-state index contributed by atoms with van der Waals surface area (Å²) in [5.74, 6) is 0.320. The summed E-state index contributed by atoms with van der Waals surface area (Å²) in [5, 5.41) is 15.3. The lowest BCUT2D eigenvalue weighted by molar-refractivity contribution is -0.117. The molecule has 2 heterocycles. The lowest BCUT2D eigenvalue weighted by Gasteiger charge is -2.14. The molecule has 0 spiro atoms. The number of amides is 1. The molecular weight excluding hydrogens is 388 g/mol. The molecule has 0 saturated heterocycles. The van der Waals surface area contributed by atoms with E-state index in [1.165, 1.54) is 21.5 Å². The molecule has 31 heavy (non-hydrogen) atoms. The molecule has 5 rings (SSSR count). The van der Waals surface area contributed by atoms with Gasteiger partial charge in [0.05, 0.1) is 0 Å². The number of carbonyl (C=O) groups excluding carboxylic acids is 1. The number of hydrogen-bond acceptors (Lipinski definition) is 5. The zero-order valence-electron chi connectivity index (χ0n) is 17.0. The Morgan fingerprint density at radius 2 is 1.65 bits per heavy atom. The lowest BCUT2D eigenvalue weighted by atomic mass is 10.1. The first-order valence-corrected chi connectivity index (χ1v) is 10.2. The summed E-state index contributed by atoms with van der Waals surface area (Å²) in [4.78, 5) is 16.2. The van der Waals surface area contributed by atoms with Crippen LogP contribution in [0, 0.1) is 0 Å². The molecule has 0 atom stereocenters. The van der Waals surface area contributed by atoms with Crippen LogP contribution >= 0.6 is 0 Å². The Balaban J connectivity index is 1.20. The van der Waals surface area contributed by atoms with Gasteiger partial charge in [0, 0.05) is 30.9 Å². The van der Waals surface area contributed by atoms with Gasteiger partial charge in [0.2, 0.25) is 11.7 Å². The van der Waals surface area contributed by atoms with Crippen molar-refractivity contribution < 1.29 is 4.79 Å². The molecule has 0 unspecified atom stereocenters. The highest BCUT2D eigenvalue weighted by Crippen LogP contribution is 2.27. The number of tetrazole rings is 1. The van der Waals surface area contributed by atoms with Crippen LogP contribution in [0.25, 0.3) is 11.4 Å². The predicted octanol–water partition coefficient (Wildman–Crippen LogP) is 3.49.